The van der Waals surface area contributed by atoms with Crippen LogP contribution in [0.5, 0.6) is 0 Å². The number of aromatic nitrogens is 1. The zero-order valence-electron chi connectivity index (χ0n) is 10.8. The molecule has 4 N–H and O–H groups in total. The molecule has 12 heteroatoms. The molecule has 2 aromatic rings. The van der Waals surface area contributed by atoms with Gasteiger partial charge < -0.3 is 11.5 Å². The van der Waals surface area contributed by atoms with Gasteiger partial charge in [-0.2, -0.15) is 13.2 Å². The number of anilines is 1. The van der Waals surface area contributed by atoms with Gasteiger partial charge in [-0.05, 0) is 12.3 Å². The van der Waals surface area contributed by atoms with Crippen LogP contribution in [0.25, 0.3) is 10.2 Å². The Kier molecular flexibility index (Phi) is 4.04. The molecule has 2 rings (SSSR count). The molecular weight excluding hydrogens is 363 g/mol. The van der Waals surface area contributed by atoms with Crippen LogP contribution in [0, 0.1) is 0 Å². The third kappa shape index (κ3) is 2.50. The molecule has 0 aliphatic carbocycles. The van der Waals surface area contributed by atoms with Gasteiger partial charge in [0, 0.05) is 10.3 Å². The number of carbonyl (C=O) groups is 1. The number of alkyl halides is 3. The fourth-order valence-corrected chi connectivity index (χ4v) is 4.20. The van der Waals surface area contributed by atoms with Gasteiger partial charge in [-0.1, -0.05) is 0 Å². The first kappa shape index (κ1) is 16.8. The first-order valence-corrected chi connectivity index (χ1v) is 8.91. The van der Waals surface area contributed by atoms with E-state index in [1.807, 2.05) is 0 Å². The second-order valence-corrected chi connectivity index (χ2v) is 7.74. The van der Waals surface area contributed by atoms with E-state index in [0.29, 0.717) is 11.3 Å². The Hall–Kier alpha value is -1.53. The number of halogens is 3. The fraction of sp³-hybridized carbons (Fsp3) is 0.200. The smallest absolute Gasteiger partial charge is 0.397 e. The standard InChI is InChI=1S/C10H8F3N3O3S3/c1-20-3-2-4(22(18,19)10(11,12)13)16-9-5(3)6(14)7(21-9)8(15)17/h2H,14H2,1H3,(H2,15,17). The minimum atomic E-state index is -5.60. The first-order chi connectivity index (χ1) is 10.0. The van der Waals surface area contributed by atoms with Crippen molar-refractivity contribution >= 4 is 54.7 Å². The minimum absolute atomic E-state index is 0.0275. The molecule has 0 fully saturated rings. The van der Waals surface area contributed by atoms with E-state index in [9.17, 15) is 26.4 Å². The second-order valence-electron chi connectivity index (χ2n) is 4.00. The van der Waals surface area contributed by atoms with E-state index >= 15 is 0 Å². The molecule has 1 amide bonds. The van der Waals surface area contributed by atoms with Crippen molar-refractivity contribution in [1.82, 2.24) is 4.98 Å². The van der Waals surface area contributed by atoms with Gasteiger partial charge in [0.2, 0.25) is 0 Å². The number of nitrogens with zero attached hydrogens (tertiary/aromatic N) is 1. The average Bonchev–Trinajstić information content (AvgIpc) is 2.74. The summed E-state index contributed by atoms with van der Waals surface area (Å²) in [5.41, 5.74) is 5.37. The van der Waals surface area contributed by atoms with Crippen LogP contribution < -0.4 is 11.5 Å². The minimum Gasteiger partial charge on any atom is -0.397 e. The Balaban J connectivity index is 2.86. The Bertz CT molecular complexity index is 874. The summed E-state index contributed by atoms with van der Waals surface area (Å²) in [5.74, 6) is -0.868. The van der Waals surface area contributed by atoms with Crippen LogP contribution >= 0.6 is 23.1 Å². The van der Waals surface area contributed by atoms with Gasteiger partial charge in [0.1, 0.15) is 9.71 Å². The number of carbonyl (C=O) groups excluding carboxylic acids is 1. The number of nitrogen functional groups attached to an aromatic ring is 1. The number of pyridine rings is 1. The number of thioether (sulfide) groups is 1. The number of thiophene rings is 1. The number of hydrogen-bond donors (Lipinski definition) is 2. The summed E-state index contributed by atoms with van der Waals surface area (Å²) >= 11 is 1.63. The van der Waals surface area contributed by atoms with Gasteiger partial charge in [0.25, 0.3) is 15.7 Å². The van der Waals surface area contributed by atoms with E-state index in [4.69, 9.17) is 11.5 Å². The van der Waals surface area contributed by atoms with E-state index in [1.54, 1.807) is 0 Å². The molecule has 0 aromatic carbocycles. The molecule has 2 aromatic heterocycles. The van der Waals surface area contributed by atoms with Crippen LogP contribution in [0.2, 0.25) is 0 Å². The van der Waals surface area contributed by atoms with Gasteiger partial charge in [-0.15, -0.1) is 23.1 Å². The van der Waals surface area contributed by atoms with Crippen molar-refractivity contribution in [3.05, 3.63) is 10.9 Å². The number of sulfone groups is 1. The van der Waals surface area contributed by atoms with E-state index in [-0.39, 0.29) is 25.7 Å². The van der Waals surface area contributed by atoms with E-state index in [1.165, 1.54) is 6.26 Å². The summed E-state index contributed by atoms with van der Waals surface area (Å²) in [6, 6.07) is 0.781. The van der Waals surface area contributed by atoms with Crippen molar-refractivity contribution in [1.29, 1.82) is 0 Å². The molecular formula is C10H8F3N3O3S3. The largest absolute Gasteiger partial charge is 0.503 e. The van der Waals surface area contributed by atoms with Crippen LogP contribution in [-0.4, -0.2) is 31.1 Å². The monoisotopic (exact) mass is 371 g/mol. The summed E-state index contributed by atoms with van der Waals surface area (Å²) < 4.78 is 60.9. The highest BCUT2D eigenvalue weighted by Gasteiger charge is 2.48. The summed E-state index contributed by atoms with van der Waals surface area (Å²) in [7, 11) is -5.60. The molecule has 0 unspecified atom stereocenters. The van der Waals surface area contributed by atoms with Crippen LogP contribution in [0.4, 0.5) is 18.9 Å². The molecule has 0 spiro atoms. The third-order valence-corrected chi connectivity index (χ3v) is 5.91. The van der Waals surface area contributed by atoms with E-state index in [0.717, 1.165) is 17.8 Å². The SMILES string of the molecule is CSc1cc(S(=O)(=O)C(F)(F)F)nc2sc(C(N)=O)c(N)c12. The van der Waals surface area contributed by atoms with Crippen LogP contribution in [-0.2, 0) is 9.84 Å². The van der Waals surface area contributed by atoms with Crippen LogP contribution in [0.3, 0.4) is 0 Å². The maximum absolute atomic E-state index is 12.6. The van der Waals surface area contributed by atoms with Gasteiger partial charge in [0.15, 0.2) is 5.03 Å². The number of hydrogen-bond acceptors (Lipinski definition) is 7. The summed E-state index contributed by atoms with van der Waals surface area (Å²) in [6.07, 6.45) is 1.53. The van der Waals surface area contributed by atoms with Crippen molar-refractivity contribution in [2.75, 3.05) is 12.0 Å². The zero-order valence-corrected chi connectivity index (χ0v) is 13.2. The van der Waals surface area contributed by atoms with Crippen LogP contribution in [0.15, 0.2) is 16.0 Å². The fourth-order valence-electron chi connectivity index (χ4n) is 1.67. The third-order valence-electron chi connectivity index (χ3n) is 2.66. The zero-order chi connectivity index (χ0) is 16.9. The van der Waals surface area contributed by atoms with Gasteiger partial charge in [0.05, 0.1) is 5.69 Å². The molecule has 0 saturated carbocycles. The molecule has 0 aliphatic heterocycles. The number of amides is 1. The summed E-state index contributed by atoms with van der Waals surface area (Å²) in [4.78, 5) is 14.7. The molecule has 0 bridgehead atoms. The lowest BCUT2D eigenvalue weighted by Crippen LogP contribution is -2.24. The Labute approximate surface area is 130 Å². The van der Waals surface area contributed by atoms with Crippen molar-refractivity contribution < 1.29 is 26.4 Å². The molecule has 6 nitrogen and oxygen atoms in total. The topological polar surface area (TPSA) is 116 Å². The second kappa shape index (κ2) is 5.28. The van der Waals surface area contributed by atoms with Crippen molar-refractivity contribution in [2.45, 2.75) is 15.4 Å². The van der Waals surface area contributed by atoms with Gasteiger partial charge in [-0.25, -0.2) is 13.4 Å². The highest BCUT2D eigenvalue weighted by atomic mass is 32.2. The van der Waals surface area contributed by atoms with E-state index in [2.05, 4.69) is 4.98 Å². The average molecular weight is 371 g/mol. The lowest BCUT2D eigenvalue weighted by molar-refractivity contribution is -0.0438. The molecule has 0 aliphatic rings. The van der Waals surface area contributed by atoms with Crippen molar-refractivity contribution in [3.8, 4) is 0 Å². The molecule has 120 valence electrons. The maximum Gasteiger partial charge on any atom is 0.503 e. The van der Waals surface area contributed by atoms with E-state index < -0.39 is 26.3 Å². The Morgan fingerprint density at radius 2 is 2.00 bits per heavy atom. The number of primary amides is 1. The number of nitrogens with two attached hydrogens (primary N) is 2. The highest BCUT2D eigenvalue weighted by Crippen LogP contribution is 2.40. The molecule has 0 saturated heterocycles. The Morgan fingerprint density at radius 1 is 1.41 bits per heavy atom. The first-order valence-electron chi connectivity index (χ1n) is 5.39. The predicted molar refractivity (Wildman–Crippen MR) is 77.6 cm³/mol. The molecule has 0 radical (unpaired) electrons. The summed E-state index contributed by atoms with van der Waals surface area (Å²) in [6.45, 7) is 0. The highest BCUT2D eigenvalue weighted by molar-refractivity contribution is 7.99. The maximum atomic E-state index is 12.6. The van der Waals surface area contributed by atoms with Crippen molar-refractivity contribution in [2.24, 2.45) is 5.73 Å². The number of fused-ring (bicyclic) bond motifs is 1. The lowest BCUT2D eigenvalue weighted by atomic mass is 10.2. The summed E-state index contributed by atoms with van der Waals surface area (Å²) in [5, 5.41) is -0.929. The molecule has 0 atom stereocenters. The molecule has 2 heterocycles. The molecule has 22 heavy (non-hydrogen) atoms. The lowest BCUT2D eigenvalue weighted by Gasteiger charge is -2.09. The van der Waals surface area contributed by atoms with Gasteiger partial charge in [-0.3, -0.25) is 4.79 Å². The van der Waals surface area contributed by atoms with Crippen molar-refractivity contribution in [3.63, 3.8) is 0 Å². The van der Waals surface area contributed by atoms with Gasteiger partial charge >= 0.3 is 5.51 Å². The number of rotatable bonds is 3. The quantitative estimate of drug-likeness (QED) is 0.797. The predicted octanol–water partition coefficient (Wildman–Crippen LogP) is 1.99. The van der Waals surface area contributed by atoms with Crippen LogP contribution in [0.1, 0.15) is 9.67 Å². The Morgan fingerprint density at radius 3 is 2.45 bits per heavy atom. The normalized spacial score (nSPS) is 12.7.